The summed E-state index contributed by atoms with van der Waals surface area (Å²) in [5.41, 5.74) is 0.397. The molecule has 0 N–H and O–H groups in total. The number of esters is 1. The summed E-state index contributed by atoms with van der Waals surface area (Å²) in [6.45, 7) is 0. The predicted molar refractivity (Wildman–Crippen MR) is 75.7 cm³/mol. The van der Waals surface area contributed by atoms with Crippen molar-refractivity contribution in [1.82, 2.24) is 0 Å². The Morgan fingerprint density at radius 3 is 2.09 bits per heavy atom. The number of benzene rings is 2. The van der Waals surface area contributed by atoms with Crippen LogP contribution >= 0.6 is 0 Å². The third-order valence-corrected chi connectivity index (χ3v) is 4.25. The van der Waals surface area contributed by atoms with Crippen molar-refractivity contribution in [3.8, 4) is 11.8 Å². The number of carbonyl (C=O) groups excluding carboxylic acids is 1. The summed E-state index contributed by atoms with van der Waals surface area (Å²) in [4.78, 5) is 11.3. The molecule has 8 heteroatoms. The fraction of sp³-hybridized carbons (Fsp3) is 0.0667. The first-order valence-corrected chi connectivity index (χ1v) is 7.73. The maximum atomic E-state index is 12.4. The minimum Gasteiger partial charge on any atom is -0.423 e. The third-order valence-electron chi connectivity index (χ3n) is 2.85. The number of carbonyl (C=O) groups is 1. The van der Waals surface area contributed by atoms with Crippen molar-refractivity contribution < 1.29 is 26.7 Å². The molecule has 0 radical (unpaired) electrons. The molecule has 0 amide bonds. The van der Waals surface area contributed by atoms with Gasteiger partial charge in [0.2, 0.25) is 9.84 Å². The van der Waals surface area contributed by atoms with Crippen LogP contribution in [0.3, 0.4) is 0 Å². The topological polar surface area (TPSA) is 84.2 Å². The maximum Gasteiger partial charge on any atom is 0.343 e. The van der Waals surface area contributed by atoms with E-state index in [0.29, 0.717) is 5.56 Å². The van der Waals surface area contributed by atoms with Gasteiger partial charge in [0.05, 0.1) is 22.1 Å². The first-order chi connectivity index (χ1) is 10.8. The number of nitrogens with zero attached hydrogens (tertiary/aromatic N) is 1. The fourth-order valence-corrected chi connectivity index (χ4v) is 2.37. The van der Waals surface area contributed by atoms with E-state index in [1.54, 1.807) is 0 Å². The van der Waals surface area contributed by atoms with Gasteiger partial charge in [0.25, 0.3) is 0 Å². The Kier molecular flexibility index (Phi) is 4.71. The van der Waals surface area contributed by atoms with Crippen LogP contribution in [-0.2, 0) is 9.84 Å². The van der Waals surface area contributed by atoms with Gasteiger partial charge in [-0.2, -0.15) is 14.0 Å². The van der Waals surface area contributed by atoms with Crippen LogP contribution in [0.1, 0.15) is 15.9 Å². The largest absolute Gasteiger partial charge is 0.423 e. The second kappa shape index (κ2) is 6.54. The molecule has 0 aliphatic heterocycles. The summed E-state index contributed by atoms with van der Waals surface area (Å²) >= 11 is 0. The molecule has 0 aliphatic carbocycles. The van der Waals surface area contributed by atoms with Gasteiger partial charge < -0.3 is 4.74 Å². The summed E-state index contributed by atoms with van der Waals surface area (Å²) in [7, 11) is -4.70. The average molecular weight is 337 g/mol. The lowest BCUT2D eigenvalue weighted by molar-refractivity contribution is 0.0734. The molecule has 0 heterocycles. The maximum absolute atomic E-state index is 12.4. The van der Waals surface area contributed by atoms with Gasteiger partial charge in [0.1, 0.15) is 5.75 Å². The normalized spacial score (nSPS) is 11.0. The van der Waals surface area contributed by atoms with E-state index >= 15 is 0 Å². The molecule has 0 atom stereocenters. The van der Waals surface area contributed by atoms with Crippen LogP contribution in [0, 0.1) is 11.3 Å². The van der Waals surface area contributed by atoms with Crippen LogP contribution in [0.4, 0.5) is 8.78 Å². The Morgan fingerprint density at radius 1 is 1.04 bits per heavy atom. The zero-order chi connectivity index (χ0) is 17.0. The molecule has 0 saturated heterocycles. The Balaban J connectivity index is 2.16. The molecule has 118 valence electrons. The number of sulfone groups is 1. The van der Waals surface area contributed by atoms with E-state index in [0.717, 1.165) is 24.3 Å². The van der Waals surface area contributed by atoms with Gasteiger partial charge in [-0.25, -0.2) is 13.2 Å². The van der Waals surface area contributed by atoms with Crippen LogP contribution in [0.5, 0.6) is 5.75 Å². The molecular formula is C15H9F2NO4S. The quantitative estimate of drug-likeness (QED) is 0.633. The SMILES string of the molecule is N#Cc1ccc(OC(=O)c2ccc(S(=O)(=O)C(F)F)cc2)cc1. The van der Waals surface area contributed by atoms with E-state index in [4.69, 9.17) is 10.00 Å². The van der Waals surface area contributed by atoms with Crippen molar-refractivity contribution in [3.63, 3.8) is 0 Å². The molecule has 0 unspecified atom stereocenters. The van der Waals surface area contributed by atoms with Gasteiger partial charge in [-0.05, 0) is 48.5 Å². The molecule has 23 heavy (non-hydrogen) atoms. The number of halogens is 2. The summed E-state index contributed by atoms with van der Waals surface area (Å²) in [5, 5.41) is 8.66. The number of rotatable bonds is 4. The zero-order valence-electron chi connectivity index (χ0n) is 11.4. The standard InChI is InChI=1S/C15H9F2NO4S/c16-15(17)23(20,21)13-7-3-11(4-8-13)14(19)22-12-5-1-10(9-18)2-6-12/h1-8,15H. The number of nitriles is 1. The van der Waals surface area contributed by atoms with E-state index < -0.39 is 26.5 Å². The van der Waals surface area contributed by atoms with Crippen molar-refractivity contribution >= 4 is 15.8 Å². The third kappa shape index (κ3) is 3.70. The van der Waals surface area contributed by atoms with Gasteiger partial charge in [0, 0.05) is 0 Å². The molecule has 0 spiro atoms. The van der Waals surface area contributed by atoms with Gasteiger partial charge in [-0.1, -0.05) is 0 Å². The molecule has 0 aliphatic rings. The molecule has 0 saturated carbocycles. The second-order valence-electron chi connectivity index (χ2n) is 4.36. The Morgan fingerprint density at radius 2 is 1.61 bits per heavy atom. The van der Waals surface area contributed by atoms with Crippen LogP contribution in [0.2, 0.25) is 0 Å². The lowest BCUT2D eigenvalue weighted by Crippen LogP contribution is -2.12. The Labute approximate surface area is 130 Å². The van der Waals surface area contributed by atoms with Crippen molar-refractivity contribution in [2.45, 2.75) is 10.7 Å². The molecule has 2 aromatic rings. The first kappa shape index (κ1) is 16.6. The average Bonchev–Trinajstić information content (AvgIpc) is 2.55. The summed E-state index contributed by atoms with van der Waals surface area (Å²) in [6, 6.07) is 11.7. The van der Waals surface area contributed by atoms with Gasteiger partial charge >= 0.3 is 11.7 Å². The molecular weight excluding hydrogens is 328 g/mol. The van der Waals surface area contributed by atoms with Gasteiger partial charge in [-0.3, -0.25) is 0 Å². The first-order valence-electron chi connectivity index (χ1n) is 6.19. The summed E-state index contributed by atoms with van der Waals surface area (Å²) < 4.78 is 52.4. The van der Waals surface area contributed by atoms with E-state index in [1.807, 2.05) is 6.07 Å². The lowest BCUT2D eigenvalue weighted by Gasteiger charge is -2.06. The Bertz CT molecular complexity index is 854. The number of alkyl halides is 2. The molecule has 0 fully saturated rings. The van der Waals surface area contributed by atoms with Crippen LogP contribution < -0.4 is 4.74 Å². The van der Waals surface area contributed by atoms with E-state index in [1.165, 1.54) is 24.3 Å². The molecule has 0 bridgehead atoms. The zero-order valence-corrected chi connectivity index (χ0v) is 12.3. The highest BCUT2D eigenvalue weighted by molar-refractivity contribution is 7.91. The second-order valence-corrected chi connectivity index (χ2v) is 6.27. The highest BCUT2D eigenvalue weighted by atomic mass is 32.2. The fourth-order valence-electron chi connectivity index (χ4n) is 1.65. The van der Waals surface area contributed by atoms with E-state index in [-0.39, 0.29) is 11.3 Å². The predicted octanol–water partition coefficient (Wildman–Crippen LogP) is 2.77. The number of hydrogen-bond donors (Lipinski definition) is 0. The molecule has 5 nitrogen and oxygen atoms in total. The highest BCUT2D eigenvalue weighted by Crippen LogP contribution is 2.19. The minimum absolute atomic E-state index is 0.00239. The van der Waals surface area contributed by atoms with E-state index in [2.05, 4.69) is 0 Å². The molecule has 0 aromatic heterocycles. The van der Waals surface area contributed by atoms with Gasteiger partial charge in [-0.15, -0.1) is 0 Å². The van der Waals surface area contributed by atoms with Crippen LogP contribution in [0.15, 0.2) is 53.4 Å². The van der Waals surface area contributed by atoms with Crippen molar-refractivity contribution in [2.75, 3.05) is 0 Å². The lowest BCUT2D eigenvalue weighted by atomic mass is 10.2. The monoisotopic (exact) mass is 337 g/mol. The number of hydrogen-bond acceptors (Lipinski definition) is 5. The van der Waals surface area contributed by atoms with Crippen LogP contribution in [0.25, 0.3) is 0 Å². The van der Waals surface area contributed by atoms with Crippen molar-refractivity contribution in [2.24, 2.45) is 0 Å². The molecule has 2 rings (SSSR count). The molecule has 2 aromatic carbocycles. The van der Waals surface area contributed by atoms with Crippen LogP contribution in [-0.4, -0.2) is 20.1 Å². The highest BCUT2D eigenvalue weighted by Gasteiger charge is 2.26. The van der Waals surface area contributed by atoms with Crippen molar-refractivity contribution in [3.05, 3.63) is 59.7 Å². The van der Waals surface area contributed by atoms with Gasteiger partial charge in [0.15, 0.2) is 0 Å². The minimum atomic E-state index is -4.70. The summed E-state index contributed by atoms with van der Waals surface area (Å²) in [6.07, 6.45) is 0. The Hall–Kier alpha value is -2.79. The summed E-state index contributed by atoms with van der Waals surface area (Å²) in [5.74, 6) is -4.12. The van der Waals surface area contributed by atoms with E-state index in [9.17, 15) is 22.0 Å². The smallest absolute Gasteiger partial charge is 0.343 e. The number of ether oxygens (including phenoxy) is 1. The van der Waals surface area contributed by atoms with Crippen molar-refractivity contribution in [1.29, 1.82) is 5.26 Å².